The van der Waals surface area contributed by atoms with Gasteiger partial charge in [-0.3, -0.25) is 9.59 Å². The second kappa shape index (κ2) is 20.0. The molecule has 0 atom stereocenters. The Morgan fingerprint density at radius 1 is 0.569 bits per heavy atom. The third kappa shape index (κ3) is 9.88. The van der Waals surface area contributed by atoms with Crippen molar-refractivity contribution in [3.05, 3.63) is 93.2 Å². The van der Waals surface area contributed by atoms with Gasteiger partial charge in [-0.2, -0.15) is 0 Å². The van der Waals surface area contributed by atoms with E-state index >= 15 is 0 Å². The zero-order valence-electron chi connectivity index (χ0n) is 34.9. The third-order valence-electron chi connectivity index (χ3n) is 11.7. The van der Waals surface area contributed by atoms with Gasteiger partial charge in [0.1, 0.15) is 0 Å². The van der Waals surface area contributed by atoms with Gasteiger partial charge < -0.3 is 66.9 Å². The monoisotopic (exact) mass is 934 g/mol. The van der Waals surface area contributed by atoms with Gasteiger partial charge in [0.2, 0.25) is 25.5 Å². The topological polar surface area (TPSA) is 316 Å². The molecule has 0 spiro atoms. The minimum absolute atomic E-state index is 0. The molecule has 12 N–H and O–H groups in total. The van der Waals surface area contributed by atoms with Crippen molar-refractivity contribution in [1.29, 1.82) is 0 Å². The van der Waals surface area contributed by atoms with Crippen LogP contribution in [-0.2, 0) is 22.4 Å². The zero-order chi connectivity index (χ0) is 43.1. The van der Waals surface area contributed by atoms with E-state index in [1.54, 1.807) is 12.1 Å². The predicted octanol–water partition coefficient (Wildman–Crippen LogP) is 4.50. The van der Waals surface area contributed by atoms with Gasteiger partial charge in [-0.25, -0.2) is 19.9 Å². The average molecular weight is 936 g/mol. The van der Waals surface area contributed by atoms with Crippen LogP contribution in [0.15, 0.2) is 60.7 Å². The van der Waals surface area contributed by atoms with Crippen LogP contribution in [0.25, 0.3) is 21.8 Å². The summed E-state index contributed by atoms with van der Waals surface area (Å²) in [6.45, 7) is 2.80. The molecule has 6 aromatic rings. The molecule has 10 rings (SSSR count). The first kappa shape index (κ1) is 47.8. The smallest absolute Gasteiger partial charge is 0.306 e. The number of hydrogen-bond acceptors (Lipinski definition) is 14. The van der Waals surface area contributed by atoms with E-state index in [2.05, 4.69) is 0 Å². The van der Waals surface area contributed by atoms with E-state index < -0.39 is 11.9 Å². The number of nitrogens with zero attached hydrogens (tertiary/aromatic N) is 6. The van der Waals surface area contributed by atoms with Gasteiger partial charge >= 0.3 is 11.9 Å². The van der Waals surface area contributed by atoms with Gasteiger partial charge in [-0.1, -0.05) is 35.3 Å². The molecule has 0 bridgehead atoms. The normalized spacial score (nSPS) is 15.4. The van der Waals surface area contributed by atoms with Crippen LogP contribution >= 0.6 is 23.2 Å². The molecule has 0 radical (unpaired) electrons. The van der Waals surface area contributed by atoms with Gasteiger partial charge in [-0.15, -0.1) is 0 Å². The summed E-state index contributed by atoms with van der Waals surface area (Å²) in [5.41, 5.74) is 18.5. The fourth-order valence-electron chi connectivity index (χ4n) is 8.26. The Morgan fingerprint density at radius 3 is 1.31 bits per heavy atom. The maximum Gasteiger partial charge on any atom is 0.306 e. The van der Waals surface area contributed by atoms with Crippen LogP contribution in [0.2, 0.25) is 10.0 Å². The van der Waals surface area contributed by atoms with Crippen molar-refractivity contribution in [2.75, 3.05) is 61.0 Å². The lowest BCUT2D eigenvalue weighted by molar-refractivity contribution is -0.143. The summed E-state index contributed by atoms with van der Waals surface area (Å²) in [6, 6.07) is 18.7. The summed E-state index contributed by atoms with van der Waals surface area (Å²) < 4.78 is 21.8. The summed E-state index contributed by atoms with van der Waals surface area (Å²) in [7, 11) is 0. The van der Waals surface area contributed by atoms with Crippen molar-refractivity contribution in [3.8, 4) is 23.0 Å². The maximum atomic E-state index is 11.3. The largest absolute Gasteiger partial charge is 0.481 e. The maximum absolute atomic E-state index is 11.3. The number of fused-ring (bicyclic) bond motifs is 4. The highest BCUT2D eigenvalue weighted by molar-refractivity contribution is 6.35. The molecule has 0 aliphatic carbocycles. The predicted molar refractivity (Wildman–Crippen MR) is 245 cm³/mol. The molecule has 2 saturated heterocycles. The highest BCUT2D eigenvalue weighted by Gasteiger charge is 2.29. The first-order valence-corrected chi connectivity index (χ1v) is 21.0. The first-order chi connectivity index (χ1) is 30.0. The lowest BCUT2D eigenvalue weighted by Gasteiger charge is -2.30. The second-order valence-electron chi connectivity index (χ2n) is 15.6. The molecule has 4 aliphatic heterocycles. The average Bonchev–Trinajstić information content (AvgIpc) is 3.96. The number of benzene rings is 4. The number of carboxylic acid groups (broad SMARTS) is 2. The molecule has 2 aromatic heterocycles. The van der Waals surface area contributed by atoms with Gasteiger partial charge in [0.05, 0.1) is 55.7 Å². The minimum Gasteiger partial charge on any atom is -0.481 e. The Labute approximate surface area is 381 Å². The molecule has 0 saturated carbocycles. The lowest BCUT2D eigenvalue weighted by Crippen LogP contribution is -2.37. The Morgan fingerprint density at radius 2 is 0.938 bits per heavy atom. The number of anilines is 4. The molecule has 21 heteroatoms. The van der Waals surface area contributed by atoms with Gasteiger partial charge in [0.15, 0.2) is 23.0 Å². The van der Waals surface area contributed by atoms with Crippen molar-refractivity contribution in [3.63, 3.8) is 0 Å². The lowest BCUT2D eigenvalue weighted by atomic mass is 9.97. The first-order valence-electron chi connectivity index (χ1n) is 20.2. The quantitative estimate of drug-likeness (QED) is 0.153. The number of nitrogen functional groups attached to an aromatic ring is 2. The van der Waals surface area contributed by atoms with Gasteiger partial charge in [-0.05, 0) is 85.3 Å². The van der Waals surface area contributed by atoms with E-state index in [0.717, 1.165) is 44.8 Å². The molecule has 0 unspecified atom stereocenters. The minimum atomic E-state index is -0.745. The number of aromatic nitrogens is 4. The molecule has 4 aromatic carbocycles. The summed E-state index contributed by atoms with van der Waals surface area (Å²) >= 11 is 12.6. The van der Waals surface area contributed by atoms with Crippen LogP contribution in [0.3, 0.4) is 0 Å². The molecule has 19 nitrogen and oxygen atoms in total. The summed E-state index contributed by atoms with van der Waals surface area (Å²) in [4.78, 5) is 45.8. The van der Waals surface area contributed by atoms with E-state index in [1.165, 1.54) is 0 Å². The van der Waals surface area contributed by atoms with Crippen LogP contribution in [0.5, 0.6) is 23.0 Å². The summed E-state index contributed by atoms with van der Waals surface area (Å²) in [5.74, 6) is 1.88. The molecule has 65 heavy (non-hydrogen) atoms. The molecule has 4 aliphatic rings. The van der Waals surface area contributed by atoms with Crippen molar-refractivity contribution in [2.45, 2.75) is 38.5 Å². The van der Waals surface area contributed by atoms with Crippen molar-refractivity contribution in [2.24, 2.45) is 11.8 Å². The highest BCUT2D eigenvalue weighted by Crippen LogP contribution is 2.38. The summed E-state index contributed by atoms with van der Waals surface area (Å²) in [5, 5.41) is 20.9. The number of nitrogens with two attached hydrogens (primary N) is 2. The fourth-order valence-corrected chi connectivity index (χ4v) is 8.57. The SMILES string of the molecule is Nc1c(Cl)ccc2nc(N3CCC(C(=O)O)CC3)nc(Cc3ccc4c(c3)OCO4)c12.Nc1c(Cl)ccc2nc(N3CCC(C(=O)O)CC3)nc(Cc3ccc4c(c3)OCO4)c12.O.O.O. The van der Waals surface area contributed by atoms with Crippen LogP contribution in [0, 0.1) is 11.8 Å². The third-order valence-corrected chi connectivity index (χ3v) is 12.4. The Balaban J connectivity index is 0.000000206. The van der Waals surface area contributed by atoms with E-state index in [1.807, 2.05) is 58.3 Å². The van der Waals surface area contributed by atoms with E-state index in [-0.39, 0.29) is 41.9 Å². The number of hydrogen-bond donors (Lipinski definition) is 4. The Bertz CT molecular complexity index is 2550. The number of rotatable bonds is 8. The number of carbonyl (C=O) groups is 2. The van der Waals surface area contributed by atoms with Crippen LogP contribution < -0.4 is 40.2 Å². The Hall–Kier alpha value is -6.64. The number of carboxylic acids is 2. The fraction of sp³-hybridized carbons (Fsp3) is 0.318. The number of piperidine rings is 2. The molecular formula is C44H48Cl2N8O11. The standard InChI is InChI=1S/2C22H21ClN4O4.3H2O/c2*23-14-2-3-15-19(20(14)24)16(9-12-1-4-17-18(10-12)31-11-30-17)26-22(25-15)27-7-5-13(6-8-27)21(28)29;;;/h2*1-4,10,13H,5-9,11,24H2,(H,28,29);3*1H2. The van der Waals surface area contributed by atoms with Crippen molar-refractivity contribution in [1.82, 2.24) is 19.9 Å². The molecular weight excluding hydrogens is 887 g/mol. The molecule has 2 fully saturated rings. The van der Waals surface area contributed by atoms with Crippen molar-refractivity contribution < 1.29 is 55.2 Å². The van der Waals surface area contributed by atoms with E-state index in [9.17, 15) is 19.8 Å². The highest BCUT2D eigenvalue weighted by atomic mass is 35.5. The number of ether oxygens (including phenoxy) is 4. The van der Waals surface area contributed by atoms with Gasteiger partial charge in [0.25, 0.3) is 0 Å². The zero-order valence-corrected chi connectivity index (χ0v) is 36.4. The van der Waals surface area contributed by atoms with Crippen molar-refractivity contribution >= 4 is 80.2 Å². The molecule has 6 heterocycles. The van der Waals surface area contributed by atoms with Gasteiger partial charge in [0, 0.05) is 49.8 Å². The van der Waals surface area contributed by atoms with E-state index in [4.69, 9.17) is 73.6 Å². The molecule has 0 amide bonds. The van der Waals surface area contributed by atoms with Crippen LogP contribution in [0.1, 0.15) is 48.2 Å². The Kier molecular flexibility index (Phi) is 14.7. The molecule has 344 valence electrons. The number of aliphatic carboxylic acids is 2. The van der Waals surface area contributed by atoms with Crippen LogP contribution in [-0.4, -0.2) is 98.3 Å². The van der Waals surface area contributed by atoms with E-state index in [0.29, 0.717) is 121 Å². The summed E-state index contributed by atoms with van der Waals surface area (Å²) in [6.07, 6.45) is 3.29. The number of halogens is 2. The second-order valence-corrected chi connectivity index (χ2v) is 16.4. The van der Waals surface area contributed by atoms with Crippen LogP contribution in [0.4, 0.5) is 23.3 Å².